The third-order valence-electron chi connectivity index (χ3n) is 3.17. The summed E-state index contributed by atoms with van der Waals surface area (Å²) < 4.78 is 0. The molecule has 0 unspecified atom stereocenters. The molecule has 1 fully saturated rings. The first-order valence-corrected chi connectivity index (χ1v) is 6.02. The van der Waals surface area contributed by atoms with Gasteiger partial charge in [-0.2, -0.15) is 0 Å². The number of benzene rings is 1. The van der Waals surface area contributed by atoms with Crippen LogP contribution in [0.2, 0.25) is 0 Å². The Morgan fingerprint density at radius 2 is 1.94 bits per heavy atom. The third-order valence-corrected chi connectivity index (χ3v) is 3.17. The predicted octanol–water partition coefficient (Wildman–Crippen LogP) is 0.660. The highest BCUT2D eigenvalue weighted by atomic mass is 16.2. The van der Waals surface area contributed by atoms with Gasteiger partial charge in [0.25, 0.3) is 5.91 Å². The Balaban J connectivity index is 2.00. The summed E-state index contributed by atoms with van der Waals surface area (Å²) >= 11 is 0. The predicted molar refractivity (Wildman–Crippen MR) is 72.0 cm³/mol. The quantitative estimate of drug-likeness (QED) is 0.613. The zero-order valence-electron chi connectivity index (χ0n) is 10.3. The largest absolute Gasteiger partial charge is 0.398 e. The van der Waals surface area contributed by atoms with Crippen molar-refractivity contribution in [3.05, 3.63) is 29.8 Å². The van der Waals surface area contributed by atoms with Gasteiger partial charge in [0.2, 0.25) is 0 Å². The molecule has 0 spiro atoms. The molecule has 4 heteroatoms. The fraction of sp³-hybridized carbons (Fsp3) is 0.357. The lowest BCUT2D eigenvalue weighted by atomic mass is 10.1. The molecule has 1 amide bonds. The van der Waals surface area contributed by atoms with Crippen molar-refractivity contribution >= 4 is 11.6 Å². The summed E-state index contributed by atoms with van der Waals surface area (Å²) in [6, 6.07) is 7.18. The van der Waals surface area contributed by atoms with Gasteiger partial charge in [-0.05, 0) is 12.1 Å². The van der Waals surface area contributed by atoms with E-state index in [0.717, 1.165) is 13.1 Å². The molecule has 1 saturated heterocycles. The molecule has 0 bridgehead atoms. The van der Waals surface area contributed by atoms with Gasteiger partial charge in [0.05, 0.1) is 12.1 Å². The van der Waals surface area contributed by atoms with Gasteiger partial charge in [-0.3, -0.25) is 9.69 Å². The van der Waals surface area contributed by atoms with Gasteiger partial charge in [0.15, 0.2) is 0 Å². The molecule has 1 aromatic rings. The van der Waals surface area contributed by atoms with Crippen LogP contribution in [0.3, 0.4) is 0 Å². The molecule has 1 aliphatic heterocycles. The van der Waals surface area contributed by atoms with Crippen LogP contribution in [-0.4, -0.2) is 48.4 Å². The van der Waals surface area contributed by atoms with Gasteiger partial charge < -0.3 is 10.6 Å². The number of piperazine rings is 1. The van der Waals surface area contributed by atoms with E-state index in [1.165, 1.54) is 0 Å². The van der Waals surface area contributed by atoms with Gasteiger partial charge in [-0.1, -0.05) is 18.1 Å². The highest BCUT2D eigenvalue weighted by Gasteiger charge is 2.22. The zero-order valence-corrected chi connectivity index (χ0v) is 10.3. The molecule has 0 atom stereocenters. The van der Waals surface area contributed by atoms with E-state index in [2.05, 4.69) is 10.8 Å². The van der Waals surface area contributed by atoms with Crippen molar-refractivity contribution in [3.63, 3.8) is 0 Å². The lowest BCUT2D eigenvalue weighted by molar-refractivity contribution is 0.0653. The SMILES string of the molecule is C#CCN1CCN(C(=O)c2ccccc2N)CC1. The van der Waals surface area contributed by atoms with Crippen LogP contribution >= 0.6 is 0 Å². The Morgan fingerprint density at radius 3 is 2.56 bits per heavy atom. The number of para-hydroxylation sites is 1. The normalized spacial score (nSPS) is 16.3. The lowest BCUT2D eigenvalue weighted by Crippen LogP contribution is -2.48. The Bertz CT molecular complexity index is 470. The molecule has 0 aromatic heterocycles. The van der Waals surface area contributed by atoms with Crippen LogP contribution in [0.1, 0.15) is 10.4 Å². The zero-order chi connectivity index (χ0) is 13.0. The molecule has 4 nitrogen and oxygen atoms in total. The molecule has 2 rings (SSSR count). The van der Waals surface area contributed by atoms with Crippen LogP contribution in [0.5, 0.6) is 0 Å². The molecule has 94 valence electrons. The van der Waals surface area contributed by atoms with Crippen molar-refractivity contribution in [2.75, 3.05) is 38.5 Å². The summed E-state index contributed by atoms with van der Waals surface area (Å²) in [6.45, 7) is 3.70. The van der Waals surface area contributed by atoms with Crippen molar-refractivity contribution in [1.29, 1.82) is 0 Å². The summed E-state index contributed by atoms with van der Waals surface area (Å²) in [5, 5.41) is 0. The summed E-state index contributed by atoms with van der Waals surface area (Å²) in [7, 11) is 0. The number of nitrogens with zero attached hydrogens (tertiary/aromatic N) is 2. The van der Waals surface area contributed by atoms with E-state index in [4.69, 9.17) is 12.2 Å². The van der Waals surface area contributed by atoms with Crippen molar-refractivity contribution in [2.45, 2.75) is 0 Å². The Hall–Kier alpha value is -1.99. The van der Waals surface area contributed by atoms with Crippen LogP contribution in [0, 0.1) is 12.3 Å². The number of terminal acetylenes is 1. The molecule has 0 aliphatic carbocycles. The van der Waals surface area contributed by atoms with Crippen molar-refractivity contribution in [2.24, 2.45) is 0 Å². The number of carbonyl (C=O) groups excluding carboxylic acids is 1. The average molecular weight is 243 g/mol. The van der Waals surface area contributed by atoms with E-state index in [1.54, 1.807) is 12.1 Å². The van der Waals surface area contributed by atoms with Crippen molar-refractivity contribution < 1.29 is 4.79 Å². The first-order valence-electron chi connectivity index (χ1n) is 6.02. The first-order chi connectivity index (χ1) is 8.72. The van der Waals surface area contributed by atoms with E-state index in [0.29, 0.717) is 30.9 Å². The maximum atomic E-state index is 12.3. The Kier molecular flexibility index (Phi) is 3.85. The summed E-state index contributed by atoms with van der Waals surface area (Å²) in [5.41, 5.74) is 6.94. The first kappa shape index (κ1) is 12.5. The Labute approximate surface area is 107 Å². The van der Waals surface area contributed by atoms with Gasteiger partial charge >= 0.3 is 0 Å². The molecule has 1 heterocycles. The van der Waals surface area contributed by atoms with E-state index in [-0.39, 0.29) is 5.91 Å². The van der Waals surface area contributed by atoms with Crippen molar-refractivity contribution in [1.82, 2.24) is 9.80 Å². The molecule has 18 heavy (non-hydrogen) atoms. The number of hydrogen-bond donors (Lipinski definition) is 1. The summed E-state index contributed by atoms with van der Waals surface area (Å²) in [5.74, 6) is 2.63. The molecule has 1 aliphatic rings. The number of amides is 1. The second-order valence-electron chi connectivity index (χ2n) is 4.36. The number of anilines is 1. The van der Waals surface area contributed by atoms with Crippen LogP contribution in [0.25, 0.3) is 0 Å². The number of rotatable bonds is 2. The average Bonchev–Trinajstić information content (AvgIpc) is 2.40. The number of nitrogen functional groups attached to an aromatic ring is 1. The van der Waals surface area contributed by atoms with E-state index >= 15 is 0 Å². The fourth-order valence-corrected chi connectivity index (χ4v) is 2.10. The smallest absolute Gasteiger partial charge is 0.256 e. The van der Waals surface area contributed by atoms with E-state index < -0.39 is 0 Å². The van der Waals surface area contributed by atoms with E-state index in [1.807, 2.05) is 17.0 Å². The molecule has 2 N–H and O–H groups in total. The highest BCUT2D eigenvalue weighted by Crippen LogP contribution is 2.14. The van der Waals surface area contributed by atoms with Gasteiger partial charge in [-0.25, -0.2) is 0 Å². The molecular formula is C14H17N3O. The Morgan fingerprint density at radius 1 is 1.28 bits per heavy atom. The van der Waals surface area contributed by atoms with E-state index in [9.17, 15) is 4.79 Å². The van der Waals surface area contributed by atoms with Crippen LogP contribution in [-0.2, 0) is 0 Å². The molecule has 1 aromatic carbocycles. The molecule has 0 radical (unpaired) electrons. The van der Waals surface area contributed by atoms with Gasteiger partial charge in [0, 0.05) is 31.9 Å². The monoisotopic (exact) mass is 243 g/mol. The minimum atomic E-state index is 0.00783. The topological polar surface area (TPSA) is 49.6 Å². The minimum Gasteiger partial charge on any atom is -0.398 e. The summed E-state index contributed by atoms with van der Waals surface area (Å²) in [4.78, 5) is 16.3. The maximum absolute atomic E-state index is 12.3. The number of hydrogen-bond acceptors (Lipinski definition) is 3. The summed E-state index contributed by atoms with van der Waals surface area (Å²) in [6.07, 6.45) is 5.28. The number of nitrogens with two attached hydrogens (primary N) is 1. The van der Waals surface area contributed by atoms with Crippen LogP contribution in [0.4, 0.5) is 5.69 Å². The maximum Gasteiger partial charge on any atom is 0.256 e. The lowest BCUT2D eigenvalue weighted by Gasteiger charge is -2.33. The molecule has 0 saturated carbocycles. The third kappa shape index (κ3) is 2.63. The minimum absolute atomic E-state index is 0.00783. The van der Waals surface area contributed by atoms with Gasteiger partial charge in [0.1, 0.15) is 0 Å². The van der Waals surface area contributed by atoms with Crippen LogP contribution < -0.4 is 5.73 Å². The van der Waals surface area contributed by atoms with Crippen LogP contribution in [0.15, 0.2) is 24.3 Å². The molecular weight excluding hydrogens is 226 g/mol. The van der Waals surface area contributed by atoms with Crippen molar-refractivity contribution in [3.8, 4) is 12.3 Å². The highest BCUT2D eigenvalue weighted by molar-refractivity contribution is 5.99. The number of carbonyl (C=O) groups is 1. The van der Waals surface area contributed by atoms with Gasteiger partial charge in [-0.15, -0.1) is 6.42 Å². The second-order valence-corrected chi connectivity index (χ2v) is 4.36. The standard InChI is InChI=1S/C14H17N3O/c1-2-7-16-8-10-17(11-9-16)14(18)12-5-3-4-6-13(12)15/h1,3-6H,7-11,15H2. The second kappa shape index (κ2) is 5.56. The fourth-order valence-electron chi connectivity index (χ4n) is 2.10.